The molecule has 1 saturated heterocycles. The van der Waals surface area contributed by atoms with Crippen molar-refractivity contribution in [3.63, 3.8) is 0 Å². The second kappa shape index (κ2) is 4.37. The number of piperidine rings is 1. The Bertz CT molecular complexity index is 602. The number of halogens is 1. The van der Waals surface area contributed by atoms with Crippen LogP contribution < -0.4 is 4.90 Å². The predicted molar refractivity (Wildman–Crippen MR) is 68.2 cm³/mol. The van der Waals surface area contributed by atoms with E-state index in [4.69, 9.17) is 0 Å². The first-order chi connectivity index (χ1) is 8.74. The van der Waals surface area contributed by atoms with Crippen molar-refractivity contribution in [3.05, 3.63) is 36.3 Å². The number of anilines is 1. The van der Waals surface area contributed by atoms with Gasteiger partial charge in [-0.25, -0.2) is 4.39 Å². The Morgan fingerprint density at radius 1 is 1.17 bits per heavy atom. The van der Waals surface area contributed by atoms with Gasteiger partial charge in [0.1, 0.15) is 11.6 Å². The zero-order chi connectivity index (χ0) is 12.5. The first-order valence-electron chi connectivity index (χ1n) is 6.05. The normalized spacial score (nSPS) is 16.3. The fourth-order valence-corrected chi connectivity index (χ4v) is 2.38. The van der Waals surface area contributed by atoms with E-state index in [1.165, 1.54) is 12.1 Å². The Hall–Kier alpha value is -1.97. The average molecular weight is 244 g/mol. The maximum atomic E-state index is 13.3. The summed E-state index contributed by atoms with van der Waals surface area (Å²) in [4.78, 5) is 17.6. The summed E-state index contributed by atoms with van der Waals surface area (Å²) >= 11 is 0. The highest BCUT2D eigenvalue weighted by Crippen LogP contribution is 2.27. The summed E-state index contributed by atoms with van der Waals surface area (Å²) in [6.07, 6.45) is 2.87. The Balaban J connectivity index is 2.05. The largest absolute Gasteiger partial charge is 0.370 e. The lowest BCUT2D eigenvalue weighted by Gasteiger charge is -2.29. The second-order valence-corrected chi connectivity index (χ2v) is 4.52. The number of Topliss-reactive ketones (excluding diaryl/α,β-unsaturated/α-hetero) is 1. The number of carbonyl (C=O) groups is 1. The second-order valence-electron chi connectivity index (χ2n) is 4.52. The molecule has 0 spiro atoms. The number of benzene rings is 1. The topological polar surface area (TPSA) is 33.2 Å². The van der Waals surface area contributed by atoms with Gasteiger partial charge < -0.3 is 4.90 Å². The Morgan fingerprint density at radius 3 is 2.72 bits per heavy atom. The molecule has 3 rings (SSSR count). The number of carbonyl (C=O) groups excluding carboxylic acids is 1. The molecule has 2 aromatic rings. The predicted octanol–water partition coefficient (Wildman–Crippen LogP) is 2.54. The molecule has 92 valence electrons. The lowest BCUT2D eigenvalue weighted by Crippen LogP contribution is -2.33. The summed E-state index contributed by atoms with van der Waals surface area (Å²) in [6, 6.07) is 6.49. The van der Waals surface area contributed by atoms with Gasteiger partial charge in [0.05, 0.1) is 5.52 Å². The molecule has 1 aromatic carbocycles. The number of rotatable bonds is 1. The highest BCUT2D eigenvalue weighted by atomic mass is 19.1. The van der Waals surface area contributed by atoms with Gasteiger partial charge in [-0.3, -0.25) is 9.78 Å². The minimum atomic E-state index is -0.259. The van der Waals surface area contributed by atoms with Crippen LogP contribution in [0.25, 0.3) is 10.9 Å². The molecule has 0 unspecified atom stereocenters. The lowest BCUT2D eigenvalue weighted by atomic mass is 10.1. The molecule has 1 fully saturated rings. The Morgan fingerprint density at radius 2 is 1.94 bits per heavy atom. The van der Waals surface area contributed by atoms with Crippen molar-refractivity contribution in [1.82, 2.24) is 4.98 Å². The van der Waals surface area contributed by atoms with Crippen LogP contribution >= 0.6 is 0 Å². The molecule has 0 saturated carbocycles. The maximum absolute atomic E-state index is 13.3. The number of hydrogen-bond acceptors (Lipinski definition) is 3. The molecule has 0 atom stereocenters. The molecule has 0 N–H and O–H groups in total. The van der Waals surface area contributed by atoms with Crippen LogP contribution in [0.5, 0.6) is 0 Å². The van der Waals surface area contributed by atoms with Crippen molar-refractivity contribution >= 4 is 22.4 Å². The van der Waals surface area contributed by atoms with Crippen LogP contribution in [0.2, 0.25) is 0 Å². The van der Waals surface area contributed by atoms with Gasteiger partial charge in [-0.2, -0.15) is 0 Å². The molecule has 1 aliphatic rings. The molecule has 2 heterocycles. The zero-order valence-electron chi connectivity index (χ0n) is 9.90. The molecule has 0 aliphatic carbocycles. The van der Waals surface area contributed by atoms with Gasteiger partial charge in [-0.1, -0.05) is 0 Å². The minimum Gasteiger partial charge on any atom is -0.370 e. The van der Waals surface area contributed by atoms with Crippen LogP contribution in [-0.4, -0.2) is 23.9 Å². The van der Waals surface area contributed by atoms with Gasteiger partial charge in [-0.05, 0) is 24.3 Å². The average Bonchev–Trinajstić information content (AvgIpc) is 2.39. The van der Waals surface area contributed by atoms with Crippen LogP contribution in [-0.2, 0) is 4.79 Å². The summed E-state index contributed by atoms with van der Waals surface area (Å²) in [6.45, 7) is 1.41. The van der Waals surface area contributed by atoms with E-state index in [1.807, 2.05) is 6.07 Å². The molecule has 4 heteroatoms. The van der Waals surface area contributed by atoms with E-state index in [-0.39, 0.29) is 5.82 Å². The van der Waals surface area contributed by atoms with E-state index in [0.29, 0.717) is 31.7 Å². The first-order valence-corrected chi connectivity index (χ1v) is 6.05. The molecule has 0 radical (unpaired) electrons. The zero-order valence-corrected chi connectivity index (χ0v) is 9.90. The Kier molecular flexibility index (Phi) is 2.70. The summed E-state index contributed by atoms with van der Waals surface area (Å²) in [5.74, 6) is 0.0422. The van der Waals surface area contributed by atoms with Crippen LogP contribution in [0.15, 0.2) is 30.5 Å². The van der Waals surface area contributed by atoms with Crippen LogP contribution in [0.4, 0.5) is 10.1 Å². The van der Waals surface area contributed by atoms with Crippen molar-refractivity contribution in [2.24, 2.45) is 0 Å². The SMILES string of the molecule is O=C1CCN(c2ccnc3ccc(F)cc23)CC1. The van der Waals surface area contributed by atoms with Crippen molar-refractivity contribution in [3.8, 4) is 0 Å². The molecule has 18 heavy (non-hydrogen) atoms. The lowest BCUT2D eigenvalue weighted by molar-refractivity contribution is -0.119. The van der Waals surface area contributed by atoms with Gasteiger partial charge in [-0.15, -0.1) is 0 Å². The summed E-state index contributed by atoms with van der Waals surface area (Å²) in [7, 11) is 0. The van der Waals surface area contributed by atoms with E-state index in [0.717, 1.165) is 16.6 Å². The minimum absolute atomic E-state index is 0.259. The number of hydrogen-bond donors (Lipinski definition) is 0. The van der Waals surface area contributed by atoms with Gasteiger partial charge in [0.25, 0.3) is 0 Å². The number of pyridine rings is 1. The summed E-state index contributed by atoms with van der Waals surface area (Å²) in [5, 5.41) is 0.812. The van der Waals surface area contributed by atoms with Crippen molar-refractivity contribution in [1.29, 1.82) is 0 Å². The monoisotopic (exact) mass is 244 g/mol. The molecule has 0 bridgehead atoms. The third-order valence-electron chi connectivity index (χ3n) is 3.34. The Labute approximate surface area is 104 Å². The number of aromatic nitrogens is 1. The number of ketones is 1. The third-order valence-corrected chi connectivity index (χ3v) is 3.34. The molecule has 1 aromatic heterocycles. The van der Waals surface area contributed by atoms with Crippen molar-refractivity contribution < 1.29 is 9.18 Å². The molecular formula is C14H13FN2O. The van der Waals surface area contributed by atoms with Crippen LogP contribution in [0, 0.1) is 5.82 Å². The smallest absolute Gasteiger partial charge is 0.136 e. The summed E-state index contributed by atoms with van der Waals surface area (Å²) in [5.41, 5.74) is 1.75. The maximum Gasteiger partial charge on any atom is 0.136 e. The molecule has 1 aliphatic heterocycles. The van der Waals surface area contributed by atoms with Crippen molar-refractivity contribution in [2.75, 3.05) is 18.0 Å². The standard InChI is InChI=1S/C14H13FN2O/c15-10-1-2-13-12(9-10)14(3-6-16-13)17-7-4-11(18)5-8-17/h1-3,6,9H,4-5,7-8H2. The molecule has 3 nitrogen and oxygen atoms in total. The third kappa shape index (κ3) is 1.94. The van der Waals surface area contributed by atoms with Gasteiger partial charge in [0.2, 0.25) is 0 Å². The summed E-state index contributed by atoms with van der Waals surface area (Å²) < 4.78 is 13.3. The van der Waals surface area contributed by atoms with Gasteiger partial charge in [0, 0.05) is 43.2 Å². The van der Waals surface area contributed by atoms with E-state index in [2.05, 4.69) is 9.88 Å². The molecule has 0 amide bonds. The van der Waals surface area contributed by atoms with Crippen molar-refractivity contribution in [2.45, 2.75) is 12.8 Å². The van der Waals surface area contributed by atoms with Crippen LogP contribution in [0.3, 0.4) is 0 Å². The van der Waals surface area contributed by atoms with E-state index < -0.39 is 0 Å². The fraction of sp³-hybridized carbons (Fsp3) is 0.286. The van der Waals surface area contributed by atoms with Crippen LogP contribution in [0.1, 0.15) is 12.8 Å². The van der Waals surface area contributed by atoms with E-state index in [1.54, 1.807) is 12.3 Å². The fourth-order valence-electron chi connectivity index (χ4n) is 2.38. The number of nitrogens with zero attached hydrogens (tertiary/aromatic N) is 2. The first kappa shape index (κ1) is 11.1. The van der Waals surface area contributed by atoms with E-state index >= 15 is 0 Å². The highest BCUT2D eigenvalue weighted by Gasteiger charge is 2.18. The number of fused-ring (bicyclic) bond motifs is 1. The van der Waals surface area contributed by atoms with Gasteiger partial charge in [0.15, 0.2) is 0 Å². The van der Waals surface area contributed by atoms with E-state index in [9.17, 15) is 9.18 Å². The highest BCUT2D eigenvalue weighted by molar-refractivity contribution is 5.92. The quantitative estimate of drug-likeness (QED) is 0.773. The molecular weight excluding hydrogens is 231 g/mol. The van der Waals surface area contributed by atoms with Gasteiger partial charge >= 0.3 is 0 Å².